The molecule has 7 heteroatoms. The molecule has 112 valence electrons. The molecule has 2 amide bonds. The smallest absolute Gasteiger partial charge is 0.326 e. The summed E-state index contributed by atoms with van der Waals surface area (Å²) in [6.45, 7) is 4.77. The van der Waals surface area contributed by atoms with Gasteiger partial charge in [0.25, 0.3) is 0 Å². The highest BCUT2D eigenvalue weighted by Gasteiger charge is 2.20. The topological polar surface area (TPSA) is 107 Å². The summed E-state index contributed by atoms with van der Waals surface area (Å²) in [5.74, 6) is -0.482. The molecule has 0 bridgehead atoms. The average Bonchev–Trinajstić information content (AvgIpc) is 2.86. The van der Waals surface area contributed by atoms with Gasteiger partial charge < -0.3 is 20.7 Å². The SMILES string of the molecule is CC(C)CCCNC(=O)N[C@@H](Cc1cnc[nH]1)C(=O)O. The number of H-pyrrole nitrogens is 1. The summed E-state index contributed by atoms with van der Waals surface area (Å²) in [7, 11) is 0. The fraction of sp³-hybridized carbons (Fsp3) is 0.615. The molecule has 0 spiro atoms. The van der Waals surface area contributed by atoms with Gasteiger partial charge in [0.05, 0.1) is 6.33 Å². The van der Waals surface area contributed by atoms with Crippen molar-refractivity contribution in [2.24, 2.45) is 5.92 Å². The van der Waals surface area contributed by atoms with Crippen molar-refractivity contribution in [1.29, 1.82) is 0 Å². The molecule has 1 heterocycles. The fourth-order valence-corrected chi connectivity index (χ4v) is 1.74. The summed E-state index contributed by atoms with van der Waals surface area (Å²) in [6.07, 6.45) is 5.09. The Balaban J connectivity index is 2.34. The molecule has 1 aromatic rings. The van der Waals surface area contributed by atoms with Crippen molar-refractivity contribution in [2.45, 2.75) is 39.2 Å². The first-order valence-corrected chi connectivity index (χ1v) is 6.73. The number of nitrogens with one attached hydrogen (secondary N) is 3. The van der Waals surface area contributed by atoms with Gasteiger partial charge in [-0.1, -0.05) is 13.8 Å². The van der Waals surface area contributed by atoms with Gasteiger partial charge in [-0.3, -0.25) is 0 Å². The van der Waals surface area contributed by atoms with Gasteiger partial charge in [0.1, 0.15) is 6.04 Å². The fourth-order valence-electron chi connectivity index (χ4n) is 1.74. The number of rotatable bonds is 8. The van der Waals surface area contributed by atoms with Crippen LogP contribution in [0.5, 0.6) is 0 Å². The Hall–Kier alpha value is -2.05. The molecule has 1 rings (SSSR count). The Morgan fingerprint density at radius 1 is 1.45 bits per heavy atom. The normalized spacial score (nSPS) is 12.2. The van der Waals surface area contributed by atoms with Crippen molar-refractivity contribution >= 4 is 12.0 Å². The summed E-state index contributed by atoms with van der Waals surface area (Å²) in [5.41, 5.74) is 0.664. The minimum atomic E-state index is -1.07. The number of aromatic nitrogens is 2. The van der Waals surface area contributed by atoms with Gasteiger partial charge in [-0.2, -0.15) is 0 Å². The van der Waals surface area contributed by atoms with Crippen molar-refractivity contribution < 1.29 is 14.7 Å². The van der Waals surface area contributed by atoms with Crippen LogP contribution in [-0.2, 0) is 11.2 Å². The van der Waals surface area contributed by atoms with Crippen LogP contribution in [0.25, 0.3) is 0 Å². The van der Waals surface area contributed by atoms with E-state index in [4.69, 9.17) is 5.11 Å². The summed E-state index contributed by atoms with van der Waals surface area (Å²) in [5, 5.41) is 14.2. The average molecular weight is 282 g/mol. The zero-order chi connectivity index (χ0) is 15.0. The van der Waals surface area contributed by atoms with Crippen molar-refractivity contribution in [3.63, 3.8) is 0 Å². The van der Waals surface area contributed by atoms with Crippen molar-refractivity contribution in [3.05, 3.63) is 18.2 Å². The van der Waals surface area contributed by atoms with E-state index in [1.54, 1.807) is 0 Å². The minimum absolute atomic E-state index is 0.175. The molecule has 20 heavy (non-hydrogen) atoms. The highest BCUT2D eigenvalue weighted by molar-refractivity contribution is 5.82. The predicted molar refractivity (Wildman–Crippen MR) is 74.3 cm³/mol. The van der Waals surface area contributed by atoms with Gasteiger partial charge in [-0.05, 0) is 18.8 Å². The number of carboxylic acids is 1. The van der Waals surface area contributed by atoms with E-state index in [2.05, 4.69) is 34.4 Å². The molecule has 1 aromatic heterocycles. The van der Waals surface area contributed by atoms with E-state index < -0.39 is 18.0 Å². The second-order valence-electron chi connectivity index (χ2n) is 5.11. The van der Waals surface area contributed by atoms with Crippen molar-refractivity contribution in [1.82, 2.24) is 20.6 Å². The van der Waals surface area contributed by atoms with Crippen molar-refractivity contribution in [2.75, 3.05) is 6.54 Å². The van der Waals surface area contributed by atoms with Crippen LogP contribution in [0.1, 0.15) is 32.4 Å². The monoisotopic (exact) mass is 282 g/mol. The van der Waals surface area contributed by atoms with Gasteiger partial charge >= 0.3 is 12.0 Å². The number of carbonyl (C=O) groups excluding carboxylic acids is 1. The zero-order valence-corrected chi connectivity index (χ0v) is 11.8. The number of amides is 2. The molecular weight excluding hydrogens is 260 g/mol. The van der Waals surface area contributed by atoms with Gasteiger partial charge in [0.2, 0.25) is 0 Å². The number of urea groups is 1. The largest absolute Gasteiger partial charge is 0.480 e. The zero-order valence-electron chi connectivity index (χ0n) is 11.8. The third kappa shape index (κ3) is 6.21. The van der Waals surface area contributed by atoms with Crippen molar-refractivity contribution in [3.8, 4) is 0 Å². The van der Waals surface area contributed by atoms with Gasteiger partial charge in [0, 0.05) is 24.9 Å². The van der Waals surface area contributed by atoms with E-state index in [9.17, 15) is 9.59 Å². The molecule has 0 aliphatic carbocycles. The number of nitrogens with zero attached hydrogens (tertiary/aromatic N) is 1. The summed E-state index contributed by atoms with van der Waals surface area (Å²) in [6, 6.07) is -1.43. The standard InChI is InChI=1S/C13H22N4O3/c1-9(2)4-3-5-15-13(20)17-11(12(18)19)6-10-7-14-8-16-10/h7-9,11H,3-6H2,1-2H3,(H,14,16)(H,18,19)(H2,15,17,20)/t11-/m0/s1. The number of imidazole rings is 1. The van der Waals surface area contributed by atoms with E-state index in [0.717, 1.165) is 12.8 Å². The molecule has 0 unspecified atom stereocenters. The van der Waals surface area contributed by atoms with Gasteiger partial charge in [0.15, 0.2) is 0 Å². The third-order valence-electron chi connectivity index (χ3n) is 2.83. The molecule has 0 saturated heterocycles. The van der Waals surface area contributed by atoms with E-state index >= 15 is 0 Å². The van der Waals surface area contributed by atoms with E-state index in [-0.39, 0.29) is 6.42 Å². The highest BCUT2D eigenvalue weighted by atomic mass is 16.4. The minimum Gasteiger partial charge on any atom is -0.480 e. The van der Waals surface area contributed by atoms with E-state index in [0.29, 0.717) is 18.2 Å². The summed E-state index contributed by atoms with van der Waals surface area (Å²) < 4.78 is 0. The molecule has 1 atom stereocenters. The first kappa shape index (κ1) is 16.0. The molecule has 7 nitrogen and oxygen atoms in total. The maximum Gasteiger partial charge on any atom is 0.326 e. The van der Waals surface area contributed by atoms with E-state index in [1.165, 1.54) is 12.5 Å². The second-order valence-corrected chi connectivity index (χ2v) is 5.11. The lowest BCUT2D eigenvalue weighted by atomic mass is 10.1. The van der Waals surface area contributed by atoms with Crippen LogP contribution >= 0.6 is 0 Å². The predicted octanol–water partition coefficient (Wildman–Crippen LogP) is 1.14. The number of carbonyl (C=O) groups is 2. The van der Waals surface area contributed by atoms with E-state index in [1.807, 2.05) is 0 Å². The molecule has 0 aliphatic rings. The quantitative estimate of drug-likeness (QED) is 0.536. The second kappa shape index (κ2) is 8.19. The Morgan fingerprint density at radius 3 is 2.75 bits per heavy atom. The lowest BCUT2D eigenvalue weighted by Gasteiger charge is -2.14. The maximum atomic E-state index is 11.6. The molecule has 0 aromatic carbocycles. The van der Waals surface area contributed by atoms with Crippen LogP contribution < -0.4 is 10.6 Å². The number of aliphatic carboxylic acids is 1. The summed E-state index contributed by atoms with van der Waals surface area (Å²) in [4.78, 5) is 29.4. The van der Waals surface area contributed by atoms with Crippen LogP contribution in [0.4, 0.5) is 4.79 Å². The molecule has 4 N–H and O–H groups in total. The number of hydrogen-bond acceptors (Lipinski definition) is 3. The Kier molecular flexibility index (Phi) is 6.55. The van der Waals surface area contributed by atoms with Crippen LogP contribution in [0.2, 0.25) is 0 Å². The first-order valence-electron chi connectivity index (χ1n) is 6.73. The van der Waals surface area contributed by atoms with Crippen LogP contribution in [-0.4, -0.2) is 39.7 Å². The first-order chi connectivity index (χ1) is 9.49. The highest BCUT2D eigenvalue weighted by Crippen LogP contribution is 2.02. The van der Waals surface area contributed by atoms with Crippen LogP contribution in [0.3, 0.4) is 0 Å². The molecule has 0 saturated carbocycles. The number of hydrogen-bond donors (Lipinski definition) is 4. The Bertz CT molecular complexity index is 417. The maximum absolute atomic E-state index is 11.6. The lowest BCUT2D eigenvalue weighted by Crippen LogP contribution is -2.47. The molecule has 0 aliphatic heterocycles. The lowest BCUT2D eigenvalue weighted by molar-refractivity contribution is -0.139. The number of aromatic amines is 1. The van der Waals surface area contributed by atoms with Crippen LogP contribution in [0, 0.1) is 5.92 Å². The van der Waals surface area contributed by atoms with Crippen LogP contribution in [0.15, 0.2) is 12.5 Å². The third-order valence-corrected chi connectivity index (χ3v) is 2.83. The molecule has 0 fully saturated rings. The molecular formula is C13H22N4O3. The molecule has 0 radical (unpaired) electrons. The summed E-state index contributed by atoms with van der Waals surface area (Å²) >= 11 is 0. The Labute approximate surface area is 118 Å². The van der Waals surface area contributed by atoms with Gasteiger partial charge in [-0.15, -0.1) is 0 Å². The number of carboxylic acid groups (broad SMARTS) is 1. The van der Waals surface area contributed by atoms with Gasteiger partial charge in [-0.25, -0.2) is 14.6 Å². The Morgan fingerprint density at radius 2 is 2.20 bits per heavy atom.